The molecule has 6 heteroatoms. The zero-order chi connectivity index (χ0) is 15.1. The molecule has 0 saturated heterocycles. The maximum Gasteiger partial charge on any atom is 0.328 e. The molecule has 2 aromatic rings. The minimum atomic E-state index is -1.28. The van der Waals surface area contributed by atoms with E-state index < -0.39 is 11.4 Å². The lowest BCUT2D eigenvalue weighted by Gasteiger charge is -2.17. The van der Waals surface area contributed by atoms with Gasteiger partial charge >= 0.3 is 5.69 Å². The number of fused-ring (bicyclic) bond motifs is 1. The average molecular weight is 293 g/mol. The molecule has 0 saturated carbocycles. The third kappa shape index (κ3) is 2.66. The van der Waals surface area contributed by atoms with E-state index in [0.29, 0.717) is 0 Å². The van der Waals surface area contributed by atoms with Crippen LogP contribution in [0.15, 0.2) is 27.4 Å². The van der Waals surface area contributed by atoms with Crippen LogP contribution in [0.25, 0.3) is 11.0 Å². The van der Waals surface area contributed by atoms with Gasteiger partial charge in [-0.2, -0.15) is 0 Å². The Labute approximate surface area is 121 Å². The van der Waals surface area contributed by atoms with Crippen molar-refractivity contribution in [2.45, 2.75) is 25.5 Å². The van der Waals surface area contributed by atoms with Crippen LogP contribution in [0.1, 0.15) is 26.3 Å². The zero-order valence-corrected chi connectivity index (χ0v) is 13.2. The van der Waals surface area contributed by atoms with Crippen LogP contribution in [-0.4, -0.2) is 24.6 Å². The molecule has 1 unspecified atom stereocenters. The van der Waals surface area contributed by atoms with Crippen LogP contribution in [-0.2, 0) is 25.5 Å². The summed E-state index contributed by atoms with van der Waals surface area (Å²) in [6, 6.07) is 5.61. The minimum Gasteiger partial charge on any atom is -0.591 e. The number of nitrogens with zero attached hydrogens (tertiary/aromatic N) is 3. The fourth-order valence-electron chi connectivity index (χ4n) is 1.87. The van der Waals surface area contributed by atoms with Gasteiger partial charge in [-0.1, -0.05) is 10.5 Å². The Bertz CT molecular complexity index is 722. The molecule has 0 fully saturated rings. The van der Waals surface area contributed by atoms with Gasteiger partial charge in [0, 0.05) is 14.1 Å². The van der Waals surface area contributed by atoms with Crippen molar-refractivity contribution in [3.05, 3.63) is 34.2 Å². The maximum absolute atomic E-state index is 11.9. The Balaban J connectivity index is 2.41. The van der Waals surface area contributed by atoms with Crippen LogP contribution in [0.4, 0.5) is 0 Å². The predicted octanol–water partition coefficient (Wildman–Crippen LogP) is 1.76. The molecule has 0 radical (unpaired) electrons. The number of rotatable bonds is 2. The van der Waals surface area contributed by atoms with Gasteiger partial charge in [-0.05, 0) is 38.5 Å². The van der Waals surface area contributed by atoms with E-state index in [1.165, 1.54) is 0 Å². The first-order valence-corrected chi connectivity index (χ1v) is 7.44. The van der Waals surface area contributed by atoms with E-state index in [2.05, 4.69) is 4.40 Å². The molecule has 0 bridgehead atoms. The van der Waals surface area contributed by atoms with Crippen LogP contribution in [0.2, 0.25) is 0 Å². The summed E-state index contributed by atoms with van der Waals surface area (Å²) in [5, 5.41) is 0. The molecule has 0 aliphatic carbocycles. The van der Waals surface area contributed by atoms with Crippen LogP contribution >= 0.6 is 0 Å². The molecule has 1 aromatic carbocycles. The van der Waals surface area contributed by atoms with Crippen molar-refractivity contribution in [2.24, 2.45) is 18.5 Å². The highest BCUT2D eigenvalue weighted by Gasteiger charge is 2.25. The number of hydrogen-bond donors (Lipinski definition) is 0. The Morgan fingerprint density at radius 1 is 1.20 bits per heavy atom. The van der Waals surface area contributed by atoms with E-state index >= 15 is 0 Å². The fourth-order valence-corrected chi connectivity index (χ4v) is 2.40. The molecule has 1 atom stereocenters. The van der Waals surface area contributed by atoms with Crippen LogP contribution < -0.4 is 5.69 Å². The molecular formula is C14H19N3O2S. The van der Waals surface area contributed by atoms with E-state index in [1.807, 2.05) is 39.0 Å². The van der Waals surface area contributed by atoms with E-state index in [0.717, 1.165) is 16.6 Å². The maximum atomic E-state index is 11.9. The summed E-state index contributed by atoms with van der Waals surface area (Å²) >= 11 is -1.28. The second kappa shape index (κ2) is 5.10. The summed E-state index contributed by atoms with van der Waals surface area (Å²) in [5.41, 5.74) is 2.47. The summed E-state index contributed by atoms with van der Waals surface area (Å²) < 4.78 is 18.8. The molecule has 5 nitrogen and oxygen atoms in total. The second-order valence-electron chi connectivity index (χ2n) is 5.74. The van der Waals surface area contributed by atoms with Crippen LogP contribution in [0, 0.1) is 0 Å². The monoisotopic (exact) mass is 293 g/mol. The first-order chi connectivity index (χ1) is 9.21. The predicted molar refractivity (Wildman–Crippen MR) is 83.6 cm³/mol. The van der Waals surface area contributed by atoms with Crippen LogP contribution in [0.5, 0.6) is 0 Å². The summed E-state index contributed by atoms with van der Waals surface area (Å²) in [6.07, 6.45) is 1.60. The van der Waals surface area contributed by atoms with Crippen molar-refractivity contribution in [3.8, 4) is 0 Å². The van der Waals surface area contributed by atoms with Gasteiger partial charge in [0.05, 0.1) is 17.2 Å². The molecule has 0 N–H and O–H groups in total. The van der Waals surface area contributed by atoms with E-state index in [-0.39, 0.29) is 10.4 Å². The van der Waals surface area contributed by atoms with Crippen molar-refractivity contribution >= 4 is 28.6 Å². The number of imidazole rings is 1. The Kier molecular flexibility index (Phi) is 3.80. The van der Waals surface area contributed by atoms with Gasteiger partial charge < -0.3 is 4.55 Å². The molecule has 0 amide bonds. The largest absolute Gasteiger partial charge is 0.591 e. The first-order valence-electron chi connectivity index (χ1n) is 6.33. The highest BCUT2D eigenvalue weighted by molar-refractivity contribution is 7.91. The minimum absolute atomic E-state index is 0.0626. The van der Waals surface area contributed by atoms with E-state index in [1.54, 1.807) is 29.4 Å². The molecular weight excluding hydrogens is 274 g/mol. The highest BCUT2D eigenvalue weighted by atomic mass is 32.2. The van der Waals surface area contributed by atoms with Gasteiger partial charge in [-0.25, -0.2) is 4.79 Å². The number of benzene rings is 1. The lowest BCUT2D eigenvalue weighted by molar-refractivity contribution is 0.562. The molecule has 1 heterocycles. The van der Waals surface area contributed by atoms with Gasteiger partial charge in [0.15, 0.2) is 0 Å². The molecule has 2 rings (SSSR count). The lowest BCUT2D eigenvalue weighted by Crippen LogP contribution is -2.25. The third-order valence-corrected chi connectivity index (χ3v) is 4.46. The molecule has 0 aliphatic heterocycles. The molecule has 1 aromatic heterocycles. The normalized spacial score (nSPS) is 14.3. The first kappa shape index (κ1) is 14.9. The smallest absolute Gasteiger partial charge is 0.328 e. The lowest BCUT2D eigenvalue weighted by atomic mass is 10.2. The van der Waals surface area contributed by atoms with Gasteiger partial charge in [0.2, 0.25) is 0 Å². The second-order valence-corrected chi connectivity index (χ2v) is 7.68. The Hall–Kier alpha value is -1.53. The van der Waals surface area contributed by atoms with E-state index in [4.69, 9.17) is 0 Å². The summed E-state index contributed by atoms with van der Waals surface area (Å²) in [6.45, 7) is 5.64. The Morgan fingerprint density at radius 3 is 2.40 bits per heavy atom. The van der Waals surface area contributed by atoms with Crippen molar-refractivity contribution in [3.63, 3.8) is 0 Å². The van der Waals surface area contributed by atoms with Gasteiger partial charge in [0.25, 0.3) is 0 Å². The number of hydrogen-bond acceptors (Lipinski definition) is 3. The zero-order valence-electron chi connectivity index (χ0n) is 12.4. The third-order valence-electron chi connectivity index (χ3n) is 3.12. The van der Waals surface area contributed by atoms with Crippen molar-refractivity contribution in [1.29, 1.82) is 0 Å². The van der Waals surface area contributed by atoms with Gasteiger partial charge in [-0.3, -0.25) is 9.13 Å². The topological polar surface area (TPSA) is 62.3 Å². The van der Waals surface area contributed by atoms with Gasteiger partial charge in [-0.15, -0.1) is 0 Å². The standard InChI is InChI=1S/C14H19N3O2S/c1-14(2,3)20(19)15-9-10-6-7-11-12(8-10)17(5)13(18)16(11)4/h6-9H,1-5H3. The van der Waals surface area contributed by atoms with E-state index in [9.17, 15) is 9.35 Å². The quantitative estimate of drug-likeness (QED) is 0.625. The molecule has 0 spiro atoms. The summed E-state index contributed by atoms with van der Waals surface area (Å²) in [7, 11) is 3.48. The van der Waals surface area contributed by atoms with Gasteiger partial charge in [0.1, 0.15) is 16.1 Å². The summed E-state index contributed by atoms with van der Waals surface area (Å²) in [4.78, 5) is 11.8. The molecule has 20 heavy (non-hydrogen) atoms. The molecule has 0 aliphatic rings. The van der Waals surface area contributed by atoms with Crippen molar-refractivity contribution in [1.82, 2.24) is 9.13 Å². The fraction of sp³-hybridized carbons (Fsp3) is 0.429. The SMILES string of the molecule is Cn1c(=O)n(C)c2cc(C=N[S+]([O-])C(C)(C)C)ccc21. The highest BCUT2D eigenvalue weighted by Crippen LogP contribution is 2.18. The van der Waals surface area contributed by atoms with Crippen LogP contribution in [0.3, 0.4) is 0 Å². The van der Waals surface area contributed by atoms with Crippen molar-refractivity contribution < 1.29 is 4.55 Å². The Morgan fingerprint density at radius 2 is 1.80 bits per heavy atom. The number of aryl methyl sites for hydroxylation is 2. The average Bonchev–Trinajstić information content (AvgIpc) is 2.60. The molecule has 108 valence electrons. The van der Waals surface area contributed by atoms with Crippen molar-refractivity contribution in [2.75, 3.05) is 0 Å². The summed E-state index contributed by atoms with van der Waals surface area (Å²) in [5.74, 6) is 0. The number of aromatic nitrogens is 2.